The molecule has 0 aromatic heterocycles. The van der Waals surface area contributed by atoms with E-state index < -0.39 is 0 Å². The fourth-order valence-electron chi connectivity index (χ4n) is 3.90. The summed E-state index contributed by atoms with van der Waals surface area (Å²) in [4.78, 5) is 16.9. The van der Waals surface area contributed by atoms with Crippen molar-refractivity contribution in [2.24, 2.45) is 11.8 Å². The van der Waals surface area contributed by atoms with Gasteiger partial charge in [0.25, 0.3) is 0 Å². The first-order valence-electron chi connectivity index (χ1n) is 9.05. The molecule has 2 fully saturated rings. The van der Waals surface area contributed by atoms with E-state index in [2.05, 4.69) is 41.1 Å². The van der Waals surface area contributed by atoms with Crippen LogP contribution in [-0.4, -0.2) is 56.7 Å². The molecule has 1 aromatic rings. The Bertz CT molecular complexity index is 530. The highest BCUT2D eigenvalue weighted by Gasteiger charge is 2.23. The first kappa shape index (κ1) is 17.2. The molecule has 0 aliphatic carbocycles. The summed E-state index contributed by atoms with van der Waals surface area (Å²) in [5, 5.41) is 3.03. The highest BCUT2D eigenvalue weighted by molar-refractivity contribution is 5.92. The molecule has 3 rings (SSSR count). The van der Waals surface area contributed by atoms with Crippen molar-refractivity contribution in [3.05, 3.63) is 24.3 Å². The molecule has 1 aromatic carbocycles. The molecule has 0 unspecified atom stereocenters. The number of amides is 1. The van der Waals surface area contributed by atoms with Crippen molar-refractivity contribution in [3.8, 4) is 0 Å². The average Bonchev–Trinajstić information content (AvgIpc) is 2.55. The van der Waals surface area contributed by atoms with Gasteiger partial charge in [-0.2, -0.15) is 0 Å². The summed E-state index contributed by atoms with van der Waals surface area (Å²) in [5.41, 5.74) is 2.06. The third kappa shape index (κ3) is 4.71. The number of morpholine rings is 1. The third-order valence-electron chi connectivity index (χ3n) is 4.84. The molecule has 2 heterocycles. The van der Waals surface area contributed by atoms with Gasteiger partial charge in [0, 0.05) is 37.6 Å². The van der Waals surface area contributed by atoms with Gasteiger partial charge in [-0.05, 0) is 42.5 Å². The van der Waals surface area contributed by atoms with E-state index in [1.807, 2.05) is 12.1 Å². The molecule has 0 spiro atoms. The van der Waals surface area contributed by atoms with Gasteiger partial charge in [-0.3, -0.25) is 9.69 Å². The zero-order chi connectivity index (χ0) is 16.9. The van der Waals surface area contributed by atoms with Crippen LogP contribution in [0.3, 0.4) is 0 Å². The van der Waals surface area contributed by atoms with Crippen LogP contribution in [0.25, 0.3) is 0 Å². The molecule has 0 saturated carbocycles. The van der Waals surface area contributed by atoms with Crippen LogP contribution in [0.4, 0.5) is 11.4 Å². The summed E-state index contributed by atoms with van der Waals surface area (Å²) in [5.74, 6) is 1.43. The van der Waals surface area contributed by atoms with Crippen LogP contribution in [0.2, 0.25) is 0 Å². The van der Waals surface area contributed by atoms with Crippen LogP contribution in [0.1, 0.15) is 20.3 Å². The zero-order valence-corrected chi connectivity index (χ0v) is 14.8. The van der Waals surface area contributed by atoms with Crippen LogP contribution < -0.4 is 10.2 Å². The van der Waals surface area contributed by atoms with Crippen molar-refractivity contribution in [1.29, 1.82) is 0 Å². The molecule has 24 heavy (non-hydrogen) atoms. The average molecular weight is 331 g/mol. The van der Waals surface area contributed by atoms with Gasteiger partial charge in [0.2, 0.25) is 5.91 Å². The molecule has 0 radical (unpaired) electrons. The van der Waals surface area contributed by atoms with E-state index in [0.29, 0.717) is 18.4 Å². The second-order valence-corrected chi connectivity index (χ2v) is 7.33. The first-order chi connectivity index (χ1) is 11.6. The molecular formula is C19H29N3O2. The quantitative estimate of drug-likeness (QED) is 0.920. The number of rotatable bonds is 4. The van der Waals surface area contributed by atoms with Crippen molar-refractivity contribution in [2.75, 3.05) is 56.2 Å². The number of piperidine rings is 1. The lowest BCUT2D eigenvalue weighted by molar-refractivity contribution is -0.117. The van der Waals surface area contributed by atoms with E-state index in [4.69, 9.17) is 4.74 Å². The number of nitrogens with zero attached hydrogens (tertiary/aromatic N) is 2. The Labute approximate surface area is 145 Å². The molecule has 2 saturated heterocycles. The summed E-state index contributed by atoms with van der Waals surface area (Å²) < 4.78 is 5.38. The second kappa shape index (κ2) is 7.99. The minimum absolute atomic E-state index is 0.0791. The number of nitrogens with one attached hydrogen (secondary N) is 1. The Hall–Kier alpha value is -1.59. The molecule has 0 bridgehead atoms. The minimum atomic E-state index is 0.0791. The molecule has 2 atom stereocenters. The highest BCUT2D eigenvalue weighted by Crippen LogP contribution is 2.21. The zero-order valence-electron chi connectivity index (χ0n) is 14.8. The molecule has 5 nitrogen and oxygen atoms in total. The Balaban J connectivity index is 1.50. The van der Waals surface area contributed by atoms with Crippen molar-refractivity contribution < 1.29 is 9.53 Å². The molecular weight excluding hydrogens is 302 g/mol. The summed E-state index contributed by atoms with van der Waals surface area (Å²) >= 11 is 0. The summed E-state index contributed by atoms with van der Waals surface area (Å²) in [6, 6.07) is 8.13. The van der Waals surface area contributed by atoms with Gasteiger partial charge in [-0.25, -0.2) is 0 Å². The van der Waals surface area contributed by atoms with Gasteiger partial charge in [0.15, 0.2) is 0 Å². The number of hydrogen-bond donors (Lipinski definition) is 1. The predicted octanol–water partition coefficient (Wildman–Crippen LogP) is 2.44. The number of ether oxygens (including phenoxy) is 1. The van der Waals surface area contributed by atoms with E-state index >= 15 is 0 Å². The lowest BCUT2D eigenvalue weighted by Crippen LogP contribution is -2.42. The number of benzene rings is 1. The number of carbonyl (C=O) groups is 1. The van der Waals surface area contributed by atoms with Gasteiger partial charge in [0.05, 0.1) is 19.8 Å². The van der Waals surface area contributed by atoms with Gasteiger partial charge < -0.3 is 15.0 Å². The topological polar surface area (TPSA) is 44.8 Å². The molecule has 2 aliphatic heterocycles. The van der Waals surface area contributed by atoms with Crippen LogP contribution in [-0.2, 0) is 9.53 Å². The van der Waals surface area contributed by atoms with Gasteiger partial charge in [-0.1, -0.05) is 13.8 Å². The van der Waals surface area contributed by atoms with Crippen molar-refractivity contribution in [2.45, 2.75) is 20.3 Å². The van der Waals surface area contributed by atoms with Crippen LogP contribution in [0.5, 0.6) is 0 Å². The van der Waals surface area contributed by atoms with Crippen molar-refractivity contribution >= 4 is 17.3 Å². The molecule has 5 heteroatoms. The predicted molar refractivity (Wildman–Crippen MR) is 97.5 cm³/mol. The maximum atomic E-state index is 12.3. The Morgan fingerprint density at radius 2 is 1.75 bits per heavy atom. The van der Waals surface area contributed by atoms with E-state index in [1.54, 1.807) is 0 Å². The molecule has 1 N–H and O–H groups in total. The van der Waals surface area contributed by atoms with Gasteiger partial charge in [-0.15, -0.1) is 0 Å². The normalized spacial score (nSPS) is 25.5. The third-order valence-corrected chi connectivity index (χ3v) is 4.84. The second-order valence-electron chi connectivity index (χ2n) is 7.33. The fourth-order valence-corrected chi connectivity index (χ4v) is 3.90. The van der Waals surface area contributed by atoms with E-state index in [9.17, 15) is 4.79 Å². The Kier molecular flexibility index (Phi) is 5.74. The summed E-state index contributed by atoms with van der Waals surface area (Å²) in [7, 11) is 0. The standard InChI is InChI=1S/C19H29N3O2/c1-15-11-16(2)13-21(12-15)14-19(23)20-17-3-5-18(6-4-17)22-7-9-24-10-8-22/h3-6,15-16H,7-14H2,1-2H3,(H,20,23)/t15-,16+. The lowest BCUT2D eigenvalue weighted by atomic mass is 9.92. The Morgan fingerprint density at radius 3 is 2.38 bits per heavy atom. The van der Waals surface area contributed by atoms with Crippen LogP contribution in [0.15, 0.2) is 24.3 Å². The fraction of sp³-hybridized carbons (Fsp3) is 0.632. The number of anilines is 2. The van der Waals surface area contributed by atoms with E-state index in [0.717, 1.165) is 45.1 Å². The summed E-state index contributed by atoms with van der Waals surface area (Å²) in [6.07, 6.45) is 1.27. The van der Waals surface area contributed by atoms with Gasteiger partial charge >= 0.3 is 0 Å². The van der Waals surface area contributed by atoms with Crippen molar-refractivity contribution in [3.63, 3.8) is 0 Å². The molecule has 132 valence electrons. The first-order valence-corrected chi connectivity index (χ1v) is 9.05. The maximum Gasteiger partial charge on any atom is 0.238 e. The number of likely N-dealkylation sites (tertiary alicyclic amines) is 1. The largest absolute Gasteiger partial charge is 0.378 e. The Morgan fingerprint density at radius 1 is 1.12 bits per heavy atom. The van der Waals surface area contributed by atoms with Crippen LogP contribution >= 0.6 is 0 Å². The SMILES string of the molecule is C[C@@H]1C[C@H](C)CN(CC(=O)Nc2ccc(N3CCOCC3)cc2)C1. The van der Waals surface area contributed by atoms with Crippen molar-refractivity contribution in [1.82, 2.24) is 4.90 Å². The lowest BCUT2D eigenvalue weighted by Gasteiger charge is -2.34. The highest BCUT2D eigenvalue weighted by atomic mass is 16.5. The van der Waals surface area contributed by atoms with Gasteiger partial charge in [0.1, 0.15) is 0 Å². The van der Waals surface area contributed by atoms with Crippen LogP contribution in [0, 0.1) is 11.8 Å². The van der Waals surface area contributed by atoms with E-state index in [1.165, 1.54) is 12.1 Å². The smallest absolute Gasteiger partial charge is 0.238 e. The molecule has 2 aliphatic rings. The summed E-state index contributed by atoms with van der Waals surface area (Å²) in [6.45, 7) is 10.5. The monoisotopic (exact) mass is 331 g/mol. The minimum Gasteiger partial charge on any atom is -0.378 e. The molecule has 1 amide bonds. The number of hydrogen-bond acceptors (Lipinski definition) is 4. The number of carbonyl (C=O) groups excluding carboxylic acids is 1. The van der Waals surface area contributed by atoms with E-state index in [-0.39, 0.29) is 5.91 Å². The maximum absolute atomic E-state index is 12.3.